The van der Waals surface area contributed by atoms with Crippen molar-refractivity contribution >= 4 is 45.2 Å². The number of ether oxygens (including phenoxy) is 1. The molecule has 36 heavy (non-hydrogen) atoms. The number of likely N-dealkylation sites (tertiary alicyclic amines) is 1. The van der Waals surface area contributed by atoms with Crippen LogP contribution in [0.2, 0.25) is 5.02 Å². The van der Waals surface area contributed by atoms with Gasteiger partial charge in [0.05, 0.1) is 28.8 Å². The van der Waals surface area contributed by atoms with Gasteiger partial charge in [0.25, 0.3) is 11.8 Å². The van der Waals surface area contributed by atoms with Crippen LogP contribution in [-0.4, -0.2) is 52.6 Å². The molecule has 4 aromatic rings. The number of rotatable bonds is 5. The number of amides is 2. The summed E-state index contributed by atoms with van der Waals surface area (Å²) in [6.45, 7) is 1.61. The zero-order chi connectivity index (χ0) is 25.1. The number of nitrogens with one attached hydrogen (secondary N) is 1. The van der Waals surface area contributed by atoms with Gasteiger partial charge in [-0.3, -0.25) is 14.9 Å². The fourth-order valence-corrected chi connectivity index (χ4v) is 5.96. The van der Waals surface area contributed by atoms with E-state index in [1.165, 1.54) is 6.42 Å². The Kier molecular flexibility index (Phi) is 5.43. The molecule has 0 bridgehead atoms. The van der Waals surface area contributed by atoms with E-state index >= 15 is 0 Å². The van der Waals surface area contributed by atoms with E-state index in [1.807, 2.05) is 35.9 Å². The van der Waals surface area contributed by atoms with Crippen LogP contribution in [0, 0.1) is 0 Å². The smallest absolute Gasteiger partial charge is 0.259 e. The van der Waals surface area contributed by atoms with E-state index < -0.39 is 11.8 Å². The van der Waals surface area contributed by atoms with Gasteiger partial charge in [-0.15, -0.1) is 0 Å². The Bertz CT molecular complexity index is 1570. The van der Waals surface area contributed by atoms with Crippen LogP contribution in [0.15, 0.2) is 42.5 Å². The molecule has 184 valence electrons. The number of fused-ring (bicyclic) bond motifs is 5. The molecule has 3 aromatic carbocycles. The van der Waals surface area contributed by atoms with Gasteiger partial charge >= 0.3 is 0 Å². The number of hydrogen-bond donors (Lipinski definition) is 2. The monoisotopic (exact) mass is 503 g/mol. The summed E-state index contributed by atoms with van der Waals surface area (Å²) in [4.78, 5) is 28.2. The molecule has 1 saturated heterocycles. The molecule has 3 heterocycles. The highest BCUT2D eigenvalue weighted by molar-refractivity contribution is 6.36. The predicted molar refractivity (Wildman–Crippen MR) is 140 cm³/mol. The molecule has 6 rings (SSSR count). The first-order valence-corrected chi connectivity index (χ1v) is 12.5. The summed E-state index contributed by atoms with van der Waals surface area (Å²) in [5.41, 5.74) is 3.42. The lowest BCUT2D eigenvalue weighted by atomic mass is 9.93. The maximum atomic E-state index is 13.0. The van der Waals surface area contributed by atoms with Crippen molar-refractivity contribution in [2.75, 3.05) is 20.2 Å². The van der Waals surface area contributed by atoms with Gasteiger partial charge in [-0.2, -0.15) is 0 Å². The summed E-state index contributed by atoms with van der Waals surface area (Å²) in [5.74, 6) is -0.507. The number of nitrogens with zero attached hydrogens (tertiary/aromatic N) is 2. The Morgan fingerprint density at radius 1 is 1.06 bits per heavy atom. The molecule has 1 aromatic heterocycles. The largest absolute Gasteiger partial charge is 0.504 e. The summed E-state index contributed by atoms with van der Waals surface area (Å²) < 4.78 is 7.96. The molecule has 0 aliphatic carbocycles. The number of benzene rings is 3. The lowest BCUT2D eigenvalue weighted by Gasteiger charge is -2.19. The van der Waals surface area contributed by atoms with E-state index in [9.17, 15) is 14.7 Å². The van der Waals surface area contributed by atoms with Gasteiger partial charge in [-0.25, -0.2) is 0 Å². The van der Waals surface area contributed by atoms with Crippen molar-refractivity contribution < 1.29 is 19.4 Å². The normalized spacial score (nSPS) is 17.8. The first-order valence-electron chi connectivity index (χ1n) is 12.1. The van der Waals surface area contributed by atoms with Gasteiger partial charge in [0.2, 0.25) is 0 Å². The zero-order valence-electron chi connectivity index (χ0n) is 20.1. The van der Waals surface area contributed by atoms with E-state index in [1.54, 1.807) is 18.2 Å². The third-order valence-electron chi connectivity index (χ3n) is 7.60. The first kappa shape index (κ1) is 22.9. The Balaban J connectivity index is 1.50. The molecular weight excluding hydrogens is 478 g/mol. The second-order valence-corrected chi connectivity index (χ2v) is 10.0. The van der Waals surface area contributed by atoms with Crippen molar-refractivity contribution in [3.05, 3.63) is 58.6 Å². The van der Waals surface area contributed by atoms with E-state index in [0.29, 0.717) is 56.4 Å². The standard InChI is InChI=1S/C28H26ClN3O4/c1-31-10-5-6-15(31)9-11-36-23-14-20-18(13-22(23)33)24-21(32(20)2)12-17(16-7-3-4-8-19(16)29)25-26(24)28(35)30-27(25)34/h3-4,7-8,12-15,33H,5-6,9-11H2,1-2H3,(H,30,34,35). The maximum Gasteiger partial charge on any atom is 0.259 e. The summed E-state index contributed by atoms with van der Waals surface area (Å²) in [6.07, 6.45) is 3.25. The highest BCUT2D eigenvalue weighted by atomic mass is 35.5. The van der Waals surface area contributed by atoms with Crippen molar-refractivity contribution in [1.82, 2.24) is 14.8 Å². The van der Waals surface area contributed by atoms with E-state index in [-0.39, 0.29) is 5.75 Å². The van der Waals surface area contributed by atoms with E-state index in [4.69, 9.17) is 16.3 Å². The molecule has 2 aliphatic heterocycles. The van der Waals surface area contributed by atoms with Gasteiger partial charge in [-0.05, 0) is 56.6 Å². The fraction of sp³-hybridized carbons (Fsp3) is 0.286. The van der Waals surface area contributed by atoms with Crippen molar-refractivity contribution in [3.63, 3.8) is 0 Å². The lowest BCUT2D eigenvalue weighted by Crippen LogP contribution is -2.26. The van der Waals surface area contributed by atoms with Gasteiger partial charge in [-0.1, -0.05) is 29.8 Å². The molecule has 0 spiro atoms. The van der Waals surface area contributed by atoms with Crippen LogP contribution in [0.3, 0.4) is 0 Å². The average molecular weight is 504 g/mol. The Labute approximate surface area is 213 Å². The summed E-state index contributed by atoms with van der Waals surface area (Å²) >= 11 is 6.48. The molecule has 1 atom stereocenters. The first-order chi connectivity index (χ1) is 17.3. The number of aryl methyl sites for hydroxylation is 1. The molecule has 2 aliphatic rings. The Morgan fingerprint density at radius 3 is 2.58 bits per heavy atom. The van der Waals surface area contributed by atoms with Gasteiger partial charge in [0, 0.05) is 40.5 Å². The highest BCUT2D eigenvalue weighted by Gasteiger charge is 2.35. The van der Waals surface area contributed by atoms with Crippen LogP contribution >= 0.6 is 11.6 Å². The van der Waals surface area contributed by atoms with Crippen molar-refractivity contribution in [2.45, 2.75) is 25.3 Å². The van der Waals surface area contributed by atoms with E-state index in [0.717, 1.165) is 30.4 Å². The number of aromatic hydroxyl groups is 1. The molecule has 1 unspecified atom stereocenters. The minimum absolute atomic E-state index is 0.00318. The predicted octanol–water partition coefficient (Wildman–Crippen LogP) is 5.10. The van der Waals surface area contributed by atoms with Crippen molar-refractivity contribution in [2.24, 2.45) is 7.05 Å². The number of phenols is 1. The average Bonchev–Trinajstić information content (AvgIpc) is 3.48. The third kappa shape index (κ3) is 3.45. The molecule has 2 amide bonds. The number of imide groups is 1. The van der Waals surface area contributed by atoms with Crippen LogP contribution in [0.1, 0.15) is 40.0 Å². The quantitative estimate of drug-likeness (QED) is 0.370. The minimum atomic E-state index is -0.457. The molecule has 0 radical (unpaired) electrons. The summed E-state index contributed by atoms with van der Waals surface area (Å²) in [5, 5.41) is 15.1. The molecule has 8 heteroatoms. The molecule has 1 fully saturated rings. The number of hydrogen-bond acceptors (Lipinski definition) is 5. The minimum Gasteiger partial charge on any atom is -0.504 e. The lowest BCUT2D eigenvalue weighted by molar-refractivity contribution is 0.0880. The van der Waals surface area contributed by atoms with Crippen molar-refractivity contribution in [1.29, 1.82) is 0 Å². The summed E-state index contributed by atoms with van der Waals surface area (Å²) in [6, 6.07) is 13.1. The van der Waals surface area contributed by atoms with Gasteiger partial charge in [0.15, 0.2) is 11.5 Å². The third-order valence-corrected chi connectivity index (χ3v) is 7.93. The van der Waals surface area contributed by atoms with Gasteiger partial charge < -0.3 is 19.3 Å². The number of aromatic nitrogens is 1. The van der Waals surface area contributed by atoms with Crippen molar-refractivity contribution in [3.8, 4) is 22.6 Å². The topological polar surface area (TPSA) is 83.8 Å². The molecule has 0 saturated carbocycles. The Hall–Kier alpha value is -3.55. The highest BCUT2D eigenvalue weighted by Crippen LogP contribution is 2.44. The SMILES string of the molecule is CN1CCCC1CCOc1cc2c(cc1O)c1c3c(c(-c4ccccc4Cl)cc1n2C)C(=O)NC3=O. The second-order valence-electron chi connectivity index (χ2n) is 9.64. The van der Waals surface area contributed by atoms with Crippen LogP contribution in [0.25, 0.3) is 32.9 Å². The zero-order valence-corrected chi connectivity index (χ0v) is 20.9. The van der Waals surface area contributed by atoms with Crippen LogP contribution in [-0.2, 0) is 7.05 Å². The van der Waals surface area contributed by atoms with Crippen LogP contribution < -0.4 is 10.1 Å². The molecular formula is C28H26ClN3O4. The van der Waals surface area contributed by atoms with Crippen LogP contribution in [0.4, 0.5) is 0 Å². The Morgan fingerprint density at radius 2 is 1.83 bits per heavy atom. The van der Waals surface area contributed by atoms with E-state index in [2.05, 4.69) is 17.3 Å². The number of phenolic OH excluding ortho intramolecular Hbond substituents is 1. The molecule has 7 nitrogen and oxygen atoms in total. The molecule has 2 N–H and O–H groups in total. The van der Waals surface area contributed by atoms with Gasteiger partial charge in [0.1, 0.15) is 0 Å². The number of carbonyl (C=O) groups is 2. The number of halogens is 1. The fourth-order valence-electron chi connectivity index (χ4n) is 5.72. The second kappa shape index (κ2) is 8.54. The summed E-state index contributed by atoms with van der Waals surface area (Å²) in [7, 11) is 4.03. The maximum absolute atomic E-state index is 13.0. The van der Waals surface area contributed by atoms with Crippen LogP contribution in [0.5, 0.6) is 11.5 Å². The number of carbonyl (C=O) groups excluding carboxylic acids is 2.